The zero-order chi connectivity index (χ0) is 13.7. The fourth-order valence-corrected chi connectivity index (χ4v) is 3.18. The zero-order valence-electron chi connectivity index (χ0n) is 10.8. The number of halogens is 3. The highest BCUT2D eigenvalue weighted by Crippen LogP contribution is 2.32. The van der Waals surface area contributed by atoms with Gasteiger partial charge < -0.3 is 5.32 Å². The Balaban J connectivity index is 2.78. The molecule has 0 fully saturated rings. The Kier molecular flexibility index (Phi) is 6.78. The van der Waals surface area contributed by atoms with Crippen molar-refractivity contribution in [2.75, 3.05) is 11.5 Å². The van der Waals surface area contributed by atoms with Crippen LogP contribution in [0, 0.1) is 5.82 Å². The molecule has 1 nitrogen and oxygen atoms in total. The first-order chi connectivity index (χ1) is 8.47. The standard InChI is InChI=1S/C13H18Cl2FNS/c1-4-18-7-8(2)17-9(3)12-10(14)5-6-11(16)13(12)15/h5-6,8-9,17H,4,7H2,1-3H3. The van der Waals surface area contributed by atoms with Crippen LogP contribution in [0.1, 0.15) is 32.4 Å². The van der Waals surface area contributed by atoms with Crippen molar-refractivity contribution in [3.05, 3.63) is 33.6 Å². The summed E-state index contributed by atoms with van der Waals surface area (Å²) in [5, 5.41) is 3.99. The zero-order valence-corrected chi connectivity index (χ0v) is 13.1. The average molecular weight is 310 g/mol. The molecule has 102 valence electrons. The second-order valence-electron chi connectivity index (χ2n) is 4.21. The van der Waals surface area contributed by atoms with E-state index in [2.05, 4.69) is 19.2 Å². The highest BCUT2D eigenvalue weighted by Gasteiger charge is 2.18. The van der Waals surface area contributed by atoms with Gasteiger partial charge in [0.25, 0.3) is 0 Å². The number of rotatable bonds is 6. The molecule has 0 aliphatic heterocycles. The Labute approximate surface area is 122 Å². The largest absolute Gasteiger partial charge is 0.307 e. The van der Waals surface area contributed by atoms with Crippen molar-refractivity contribution >= 4 is 35.0 Å². The number of hydrogen-bond acceptors (Lipinski definition) is 2. The summed E-state index contributed by atoms with van der Waals surface area (Å²) < 4.78 is 13.4. The fourth-order valence-electron chi connectivity index (χ4n) is 1.79. The first-order valence-electron chi connectivity index (χ1n) is 5.94. The van der Waals surface area contributed by atoms with Crippen LogP contribution in [0.2, 0.25) is 10.0 Å². The van der Waals surface area contributed by atoms with Crippen molar-refractivity contribution < 1.29 is 4.39 Å². The summed E-state index contributed by atoms with van der Waals surface area (Å²) in [5.74, 6) is 1.66. The molecule has 0 aromatic heterocycles. The highest BCUT2D eigenvalue weighted by molar-refractivity contribution is 7.99. The van der Waals surface area contributed by atoms with Gasteiger partial charge in [-0.15, -0.1) is 0 Å². The molecule has 0 aliphatic rings. The second kappa shape index (κ2) is 7.59. The molecule has 0 amide bonds. The average Bonchev–Trinajstić information content (AvgIpc) is 2.31. The summed E-state index contributed by atoms with van der Waals surface area (Å²) in [6, 6.07) is 3.08. The lowest BCUT2D eigenvalue weighted by molar-refractivity contribution is 0.508. The molecular formula is C13H18Cl2FNS. The third kappa shape index (κ3) is 4.30. The van der Waals surface area contributed by atoms with Gasteiger partial charge in [0.15, 0.2) is 0 Å². The van der Waals surface area contributed by atoms with E-state index in [1.807, 2.05) is 18.7 Å². The van der Waals surface area contributed by atoms with Crippen LogP contribution >= 0.6 is 35.0 Å². The van der Waals surface area contributed by atoms with E-state index in [1.54, 1.807) is 6.07 Å². The van der Waals surface area contributed by atoms with Gasteiger partial charge in [-0.1, -0.05) is 30.1 Å². The normalized spacial score (nSPS) is 14.6. The van der Waals surface area contributed by atoms with Crippen molar-refractivity contribution in [1.82, 2.24) is 5.32 Å². The lowest BCUT2D eigenvalue weighted by Crippen LogP contribution is -2.31. The smallest absolute Gasteiger partial charge is 0.142 e. The maximum Gasteiger partial charge on any atom is 0.142 e. The van der Waals surface area contributed by atoms with E-state index in [1.165, 1.54) is 6.07 Å². The monoisotopic (exact) mass is 309 g/mol. The van der Waals surface area contributed by atoms with Crippen molar-refractivity contribution in [3.8, 4) is 0 Å². The molecule has 1 aromatic rings. The molecular weight excluding hydrogens is 292 g/mol. The molecule has 1 N–H and O–H groups in total. The van der Waals surface area contributed by atoms with Crippen LogP contribution in [0.4, 0.5) is 4.39 Å². The predicted octanol–water partition coefficient (Wildman–Crippen LogP) is 4.92. The van der Waals surface area contributed by atoms with Gasteiger partial charge in [0, 0.05) is 28.4 Å². The minimum absolute atomic E-state index is 0.0758. The number of hydrogen-bond donors (Lipinski definition) is 1. The molecule has 0 radical (unpaired) electrons. The van der Waals surface area contributed by atoms with Crippen LogP contribution in [0.25, 0.3) is 0 Å². The quantitative estimate of drug-likeness (QED) is 0.748. The predicted molar refractivity (Wildman–Crippen MR) is 80.4 cm³/mol. The summed E-state index contributed by atoms with van der Waals surface area (Å²) in [4.78, 5) is 0. The first-order valence-corrected chi connectivity index (χ1v) is 7.85. The van der Waals surface area contributed by atoms with Crippen LogP contribution in [0.3, 0.4) is 0 Å². The molecule has 0 heterocycles. The van der Waals surface area contributed by atoms with Gasteiger partial charge in [-0.25, -0.2) is 4.39 Å². The first kappa shape index (κ1) is 16.1. The van der Waals surface area contributed by atoms with Gasteiger partial charge in [-0.3, -0.25) is 0 Å². The maximum atomic E-state index is 13.4. The molecule has 0 aliphatic carbocycles. The molecule has 5 heteroatoms. The van der Waals surface area contributed by atoms with Crippen molar-refractivity contribution in [2.45, 2.75) is 32.9 Å². The van der Waals surface area contributed by atoms with Crippen molar-refractivity contribution in [2.24, 2.45) is 0 Å². The van der Waals surface area contributed by atoms with Crippen molar-refractivity contribution in [3.63, 3.8) is 0 Å². The molecule has 1 aromatic carbocycles. The van der Waals surface area contributed by atoms with Crippen LogP contribution in [0.15, 0.2) is 12.1 Å². The van der Waals surface area contributed by atoms with E-state index in [9.17, 15) is 4.39 Å². The van der Waals surface area contributed by atoms with Crippen molar-refractivity contribution in [1.29, 1.82) is 0 Å². The Morgan fingerprint density at radius 3 is 2.61 bits per heavy atom. The van der Waals surface area contributed by atoms with Gasteiger partial charge in [-0.2, -0.15) is 11.8 Å². The summed E-state index contributed by atoms with van der Waals surface area (Å²) >= 11 is 13.9. The summed E-state index contributed by atoms with van der Waals surface area (Å²) in [5.41, 5.74) is 0.631. The van der Waals surface area contributed by atoms with Gasteiger partial charge >= 0.3 is 0 Å². The van der Waals surface area contributed by atoms with Gasteiger partial charge in [0.05, 0.1) is 5.02 Å². The molecule has 0 saturated heterocycles. The number of thioether (sulfide) groups is 1. The molecule has 0 saturated carbocycles. The van der Waals surface area contributed by atoms with Gasteiger partial charge in [0.2, 0.25) is 0 Å². The second-order valence-corrected chi connectivity index (χ2v) is 6.31. The van der Waals surface area contributed by atoms with Gasteiger partial charge in [0.1, 0.15) is 5.82 Å². The number of nitrogens with one attached hydrogen (secondary N) is 1. The molecule has 0 bridgehead atoms. The molecule has 2 unspecified atom stereocenters. The minimum Gasteiger partial charge on any atom is -0.307 e. The van der Waals surface area contributed by atoms with E-state index in [0.717, 1.165) is 11.5 Å². The molecule has 0 spiro atoms. The minimum atomic E-state index is -0.430. The molecule has 1 rings (SSSR count). The fraction of sp³-hybridized carbons (Fsp3) is 0.538. The Hall–Kier alpha value is 0.0400. The number of benzene rings is 1. The van der Waals surface area contributed by atoms with Crippen LogP contribution in [-0.2, 0) is 0 Å². The van der Waals surface area contributed by atoms with E-state index in [-0.39, 0.29) is 11.1 Å². The highest BCUT2D eigenvalue weighted by atomic mass is 35.5. The maximum absolute atomic E-state index is 13.4. The molecule has 18 heavy (non-hydrogen) atoms. The van der Waals surface area contributed by atoms with Crippen LogP contribution < -0.4 is 5.32 Å². The van der Waals surface area contributed by atoms with E-state index >= 15 is 0 Å². The lowest BCUT2D eigenvalue weighted by atomic mass is 10.1. The van der Waals surface area contributed by atoms with Crippen LogP contribution in [-0.4, -0.2) is 17.5 Å². The summed E-state index contributed by atoms with van der Waals surface area (Å²) in [6.07, 6.45) is 0. The topological polar surface area (TPSA) is 12.0 Å². The third-order valence-corrected chi connectivity index (χ3v) is 4.48. The lowest BCUT2D eigenvalue weighted by Gasteiger charge is -2.22. The van der Waals surface area contributed by atoms with Crippen LogP contribution in [0.5, 0.6) is 0 Å². The third-order valence-electron chi connectivity index (χ3n) is 2.62. The summed E-state index contributed by atoms with van der Waals surface area (Å²) in [7, 11) is 0. The van der Waals surface area contributed by atoms with E-state index in [0.29, 0.717) is 16.6 Å². The van der Waals surface area contributed by atoms with E-state index in [4.69, 9.17) is 23.2 Å². The Morgan fingerprint density at radius 2 is 2.00 bits per heavy atom. The summed E-state index contributed by atoms with van der Waals surface area (Å²) in [6.45, 7) is 6.17. The molecule has 2 atom stereocenters. The van der Waals surface area contributed by atoms with Gasteiger partial charge in [-0.05, 0) is 31.7 Å². The Bertz CT molecular complexity index is 401. The SMILES string of the molecule is CCSCC(C)NC(C)c1c(Cl)ccc(F)c1Cl. The van der Waals surface area contributed by atoms with E-state index < -0.39 is 5.82 Å². The Morgan fingerprint density at radius 1 is 1.33 bits per heavy atom.